The quantitative estimate of drug-likeness (QED) is 0.603. The lowest BCUT2D eigenvalue weighted by molar-refractivity contribution is -0.139. The largest absolute Gasteiger partial charge is 0.469 e. The number of hydrogen-bond acceptors (Lipinski definition) is 4. The summed E-state index contributed by atoms with van der Waals surface area (Å²) < 4.78 is 4.72. The van der Waals surface area contributed by atoms with Crippen molar-refractivity contribution in [3.05, 3.63) is 51.2 Å². The molecule has 1 N–H and O–H groups in total. The summed E-state index contributed by atoms with van der Waals surface area (Å²) in [5.41, 5.74) is 6.23. The number of pyridine rings is 1. The van der Waals surface area contributed by atoms with Crippen LogP contribution in [0.5, 0.6) is 0 Å². The summed E-state index contributed by atoms with van der Waals surface area (Å²) in [6, 6.07) is 6.24. The van der Waals surface area contributed by atoms with Gasteiger partial charge in [-0.2, -0.15) is 0 Å². The Morgan fingerprint density at radius 1 is 1.10 bits per heavy atom. The van der Waals surface area contributed by atoms with E-state index in [1.165, 1.54) is 18.2 Å². The Morgan fingerprint density at radius 3 is 2.07 bits per heavy atom. The average molecular weight is 422 g/mol. The molecule has 0 spiro atoms. The van der Waals surface area contributed by atoms with E-state index in [0.29, 0.717) is 5.02 Å². The molecule has 0 radical (unpaired) electrons. The van der Waals surface area contributed by atoms with Gasteiger partial charge in [-0.15, -0.1) is 0 Å². The fourth-order valence-corrected chi connectivity index (χ4v) is 2.69. The summed E-state index contributed by atoms with van der Waals surface area (Å²) in [6.07, 6.45) is 0.141. The Labute approximate surface area is 181 Å². The lowest BCUT2D eigenvalue weighted by Gasteiger charge is -2.15. The second-order valence-corrected chi connectivity index (χ2v) is 8.06. The van der Waals surface area contributed by atoms with Crippen LogP contribution in [0.3, 0.4) is 0 Å². The molecule has 4 nitrogen and oxygen atoms in total. The third-order valence-corrected chi connectivity index (χ3v) is 4.51. The number of aliphatic hydroxyl groups is 1. The van der Waals surface area contributed by atoms with E-state index >= 15 is 0 Å². The molecule has 1 heterocycles. The molecule has 0 aliphatic rings. The SMILES string of the molecule is CC.CC(C)(C)O.COC(=O)Cc1c(C)nc(-c2ccc(C)c(C)c2)c(C)c1Cl. The first kappa shape index (κ1) is 27.1. The van der Waals surface area contributed by atoms with Crippen molar-refractivity contribution in [3.63, 3.8) is 0 Å². The average Bonchev–Trinajstić information content (AvgIpc) is 2.64. The van der Waals surface area contributed by atoms with Gasteiger partial charge in [0.2, 0.25) is 0 Å². The van der Waals surface area contributed by atoms with Gasteiger partial charge in [0.25, 0.3) is 0 Å². The monoisotopic (exact) mass is 421 g/mol. The molecule has 0 bridgehead atoms. The molecule has 1 aromatic heterocycles. The van der Waals surface area contributed by atoms with Crippen molar-refractivity contribution in [1.29, 1.82) is 0 Å². The number of carbonyl (C=O) groups is 1. The number of methoxy groups -OCH3 is 1. The van der Waals surface area contributed by atoms with Crippen LogP contribution in [-0.2, 0) is 16.0 Å². The maximum atomic E-state index is 11.5. The summed E-state index contributed by atoms with van der Waals surface area (Å²) in [5.74, 6) is -0.315. The summed E-state index contributed by atoms with van der Waals surface area (Å²) in [4.78, 5) is 16.2. The molecule has 0 fully saturated rings. The molecule has 2 rings (SSSR count). The summed E-state index contributed by atoms with van der Waals surface area (Å²) in [6.45, 7) is 17.2. The van der Waals surface area contributed by atoms with Crippen LogP contribution in [0.15, 0.2) is 18.2 Å². The maximum absolute atomic E-state index is 11.5. The molecule has 0 unspecified atom stereocenters. The molecule has 162 valence electrons. The zero-order valence-electron chi connectivity index (χ0n) is 19.5. The van der Waals surface area contributed by atoms with Crippen LogP contribution in [0, 0.1) is 27.7 Å². The zero-order valence-corrected chi connectivity index (χ0v) is 20.3. The Balaban J connectivity index is 0.000000977. The summed E-state index contributed by atoms with van der Waals surface area (Å²) in [7, 11) is 1.37. The van der Waals surface area contributed by atoms with Crippen molar-refractivity contribution >= 4 is 17.6 Å². The van der Waals surface area contributed by atoms with Gasteiger partial charge in [0.05, 0.1) is 29.8 Å². The van der Waals surface area contributed by atoms with Gasteiger partial charge in [-0.3, -0.25) is 9.78 Å². The van der Waals surface area contributed by atoms with Gasteiger partial charge in [0.1, 0.15) is 0 Å². The molecule has 2 aromatic rings. The zero-order chi connectivity index (χ0) is 22.9. The van der Waals surface area contributed by atoms with E-state index in [2.05, 4.69) is 31.0 Å². The first-order valence-corrected chi connectivity index (χ1v) is 10.2. The van der Waals surface area contributed by atoms with Gasteiger partial charge in [-0.05, 0) is 71.2 Å². The lowest BCUT2D eigenvalue weighted by atomic mass is 9.99. The maximum Gasteiger partial charge on any atom is 0.310 e. The number of nitrogens with zero attached hydrogens (tertiary/aromatic N) is 1. The van der Waals surface area contributed by atoms with Crippen LogP contribution in [-0.4, -0.2) is 28.8 Å². The number of aromatic nitrogens is 1. The molecule has 0 aliphatic carbocycles. The summed E-state index contributed by atoms with van der Waals surface area (Å²) in [5, 5.41) is 9.11. The van der Waals surface area contributed by atoms with E-state index in [9.17, 15) is 4.79 Å². The van der Waals surface area contributed by atoms with Crippen molar-refractivity contribution in [2.24, 2.45) is 0 Å². The minimum Gasteiger partial charge on any atom is -0.469 e. The highest BCUT2D eigenvalue weighted by Crippen LogP contribution is 2.32. The molecule has 0 saturated heterocycles. The Hall–Kier alpha value is -1.91. The van der Waals surface area contributed by atoms with Crippen molar-refractivity contribution < 1.29 is 14.6 Å². The number of benzene rings is 1. The van der Waals surface area contributed by atoms with Crippen molar-refractivity contribution in [3.8, 4) is 11.3 Å². The van der Waals surface area contributed by atoms with E-state index < -0.39 is 5.60 Å². The van der Waals surface area contributed by atoms with Gasteiger partial charge >= 0.3 is 5.97 Å². The fraction of sp³-hybridized carbons (Fsp3) is 0.500. The molecule has 5 heteroatoms. The number of carbonyl (C=O) groups excluding carboxylic acids is 1. The third kappa shape index (κ3) is 8.97. The Kier molecular flexibility index (Phi) is 11.2. The number of halogens is 1. The number of aryl methyl sites for hydroxylation is 3. The third-order valence-electron chi connectivity index (χ3n) is 3.99. The molecular weight excluding hydrogens is 386 g/mol. The number of hydrogen-bond donors (Lipinski definition) is 1. The highest BCUT2D eigenvalue weighted by molar-refractivity contribution is 6.32. The van der Waals surface area contributed by atoms with Gasteiger partial charge < -0.3 is 9.84 Å². The molecular formula is C24H36ClNO3. The highest BCUT2D eigenvalue weighted by atomic mass is 35.5. The predicted molar refractivity (Wildman–Crippen MR) is 123 cm³/mol. The van der Waals surface area contributed by atoms with E-state index in [4.69, 9.17) is 21.4 Å². The van der Waals surface area contributed by atoms with E-state index in [1.807, 2.05) is 33.8 Å². The minimum absolute atomic E-state index is 0.141. The number of esters is 1. The van der Waals surface area contributed by atoms with Crippen LogP contribution in [0.4, 0.5) is 0 Å². The van der Waals surface area contributed by atoms with Gasteiger partial charge in [0.15, 0.2) is 0 Å². The van der Waals surface area contributed by atoms with Crippen LogP contribution >= 0.6 is 11.6 Å². The van der Waals surface area contributed by atoms with Crippen molar-refractivity contribution in [1.82, 2.24) is 4.98 Å². The van der Waals surface area contributed by atoms with E-state index in [1.54, 1.807) is 20.8 Å². The normalized spacial score (nSPS) is 10.3. The van der Waals surface area contributed by atoms with Gasteiger partial charge in [0, 0.05) is 16.8 Å². The van der Waals surface area contributed by atoms with Crippen LogP contribution in [0.2, 0.25) is 5.02 Å². The second kappa shape index (κ2) is 11.9. The Morgan fingerprint density at radius 2 is 1.62 bits per heavy atom. The molecule has 0 amide bonds. The van der Waals surface area contributed by atoms with E-state index in [-0.39, 0.29) is 12.4 Å². The first-order chi connectivity index (χ1) is 13.3. The summed E-state index contributed by atoms with van der Waals surface area (Å²) >= 11 is 6.48. The van der Waals surface area contributed by atoms with Crippen molar-refractivity contribution in [2.45, 2.75) is 74.3 Å². The number of rotatable bonds is 3. The lowest BCUT2D eigenvalue weighted by Crippen LogP contribution is -2.10. The second-order valence-electron chi connectivity index (χ2n) is 7.69. The fourth-order valence-electron chi connectivity index (χ4n) is 2.40. The highest BCUT2D eigenvalue weighted by Gasteiger charge is 2.17. The van der Waals surface area contributed by atoms with Crippen molar-refractivity contribution in [2.75, 3.05) is 7.11 Å². The minimum atomic E-state index is -0.500. The number of ether oxygens (including phenoxy) is 1. The smallest absolute Gasteiger partial charge is 0.310 e. The molecule has 29 heavy (non-hydrogen) atoms. The first-order valence-electron chi connectivity index (χ1n) is 9.87. The van der Waals surface area contributed by atoms with E-state index in [0.717, 1.165) is 28.1 Å². The van der Waals surface area contributed by atoms with Crippen LogP contribution < -0.4 is 0 Å². The standard InChI is InChI=1S/C18H20ClNO2.C4H10O.C2H6/c1-10-6-7-14(8-11(10)2)18-12(3)17(19)15(13(4)20-18)9-16(21)22-5;1-4(2,3)5;1-2/h6-8H,9H2,1-5H3;5H,1-3H3;1-2H3. The Bertz CT molecular complexity index is 818. The topological polar surface area (TPSA) is 59.4 Å². The van der Waals surface area contributed by atoms with Gasteiger partial charge in [-0.1, -0.05) is 37.6 Å². The molecule has 0 atom stereocenters. The van der Waals surface area contributed by atoms with Crippen LogP contribution in [0.1, 0.15) is 62.6 Å². The molecule has 0 aliphatic heterocycles. The predicted octanol–water partition coefficient (Wildman–Crippen LogP) is 6.15. The van der Waals surface area contributed by atoms with Gasteiger partial charge in [-0.25, -0.2) is 0 Å². The molecule has 0 saturated carbocycles. The molecule has 1 aromatic carbocycles. The van der Waals surface area contributed by atoms with Crippen LogP contribution in [0.25, 0.3) is 11.3 Å².